The number of hydrazine groups is 1. The summed E-state index contributed by atoms with van der Waals surface area (Å²) >= 11 is 51.5. The minimum atomic E-state index is -2.17. The van der Waals surface area contributed by atoms with Crippen LogP contribution in [0.4, 0.5) is 0 Å². The summed E-state index contributed by atoms with van der Waals surface area (Å²) in [5, 5.41) is 0.771. The number of halogens is 8. The van der Waals surface area contributed by atoms with Gasteiger partial charge >= 0.3 is 0 Å². The molecule has 1 saturated heterocycles. The second-order valence-corrected chi connectivity index (χ2v) is 13.3. The summed E-state index contributed by atoms with van der Waals surface area (Å²) in [5.74, 6) is -6.23. The van der Waals surface area contributed by atoms with Crippen LogP contribution < -0.4 is 4.74 Å². The number of carbonyl (C=O) groups excluding carboxylic acids is 4. The summed E-state index contributed by atoms with van der Waals surface area (Å²) in [4.78, 5) is 50.9. The molecule has 40 heavy (non-hydrogen) atoms. The lowest BCUT2D eigenvalue weighted by Crippen LogP contribution is -2.56. The van der Waals surface area contributed by atoms with Crippen LogP contribution in [0.3, 0.4) is 0 Å². The highest BCUT2D eigenvalue weighted by molar-refractivity contribution is 6.66. The van der Waals surface area contributed by atoms with Crippen molar-refractivity contribution in [2.24, 2.45) is 11.8 Å². The fraction of sp³-hybridized carbons (Fsp3) is 0.280. The van der Waals surface area contributed by atoms with Gasteiger partial charge in [0.25, 0.3) is 17.7 Å². The van der Waals surface area contributed by atoms with Crippen LogP contribution >= 0.6 is 92.8 Å². The van der Waals surface area contributed by atoms with E-state index >= 15 is 0 Å². The van der Waals surface area contributed by atoms with Crippen molar-refractivity contribution in [3.8, 4) is 5.75 Å². The summed E-state index contributed by atoms with van der Waals surface area (Å²) in [5.41, 5.74) is 0.0643. The third-order valence-corrected chi connectivity index (χ3v) is 12.2. The molecule has 2 bridgehead atoms. The molecule has 7 nitrogen and oxygen atoms in total. The molecule has 0 spiro atoms. The molecule has 0 aromatic heterocycles. The smallest absolute Gasteiger partial charge is 0.273 e. The molecular weight excluding hydrogens is 692 g/mol. The Hall–Kier alpha value is -1.42. The highest BCUT2D eigenvalue weighted by Crippen LogP contribution is 2.77. The number of nitrogens with zero attached hydrogens (tertiary/aromatic N) is 2. The predicted octanol–water partition coefficient (Wildman–Crippen LogP) is 6.69. The van der Waals surface area contributed by atoms with E-state index < -0.39 is 56.0 Å². The van der Waals surface area contributed by atoms with Gasteiger partial charge in [0.1, 0.15) is 22.0 Å². The fourth-order valence-electron chi connectivity index (χ4n) is 5.25. The summed E-state index contributed by atoms with van der Waals surface area (Å²) in [6.45, 7) is -0.754. The van der Waals surface area contributed by atoms with Crippen LogP contribution in [0.5, 0.6) is 5.75 Å². The van der Waals surface area contributed by atoms with E-state index in [1.807, 2.05) is 0 Å². The van der Waals surface area contributed by atoms with Gasteiger partial charge in [-0.15, -0.1) is 23.2 Å². The number of carbonyl (C=O) groups is 4. The van der Waals surface area contributed by atoms with E-state index in [0.29, 0.717) is 15.8 Å². The monoisotopic (exact) mass is 702 g/mol. The lowest BCUT2D eigenvalue weighted by molar-refractivity contribution is -0.154. The molecule has 2 fully saturated rings. The van der Waals surface area contributed by atoms with Gasteiger partial charge in [0, 0.05) is 11.1 Å². The van der Waals surface area contributed by atoms with E-state index in [-0.39, 0.29) is 31.2 Å². The number of allylic oxidation sites excluding steroid dienone is 2. The Bertz CT molecular complexity index is 1500. The van der Waals surface area contributed by atoms with Crippen LogP contribution in [0, 0.1) is 11.8 Å². The number of fused-ring (bicyclic) bond motifs is 5. The third kappa shape index (κ3) is 3.86. The van der Waals surface area contributed by atoms with Gasteiger partial charge in [-0.3, -0.25) is 19.2 Å². The number of imide groups is 1. The van der Waals surface area contributed by atoms with Gasteiger partial charge in [-0.1, -0.05) is 81.7 Å². The Morgan fingerprint density at radius 2 is 1.43 bits per heavy atom. The van der Waals surface area contributed by atoms with Crippen molar-refractivity contribution in [1.29, 1.82) is 0 Å². The Kier molecular flexibility index (Phi) is 7.58. The number of ketones is 1. The highest BCUT2D eigenvalue weighted by Gasteiger charge is 2.88. The molecular formula is C25H14Cl8N2O5. The van der Waals surface area contributed by atoms with Crippen molar-refractivity contribution >= 4 is 116 Å². The lowest BCUT2D eigenvalue weighted by atomic mass is 9.84. The maximum atomic E-state index is 13.9. The van der Waals surface area contributed by atoms with Gasteiger partial charge in [0.15, 0.2) is 10.1 Å². The molecule has 0 radical (unpaired) electrons. The Morgan fingerprint density at radius 1 is 0.850 bits per heavy atom. The molecule has 2 aromatic carbocycles. The van der Waals surface area contributed by atoms with Crippen LogP contribution in [0.2, 0.25) is 10.0 Å². The normalized spacial score (nSPS) is 28.3. The molecule has 2 aliphatic carbocycles. The van der Waals surface area contributed by atoms with Crippen LogP contribution in [-0.4, -0.2) is 61.3 Å². The zero-order valence-electron chi connectivity index (χ0n) is 19.9. The summed E-state index contributed by atoms with van der Waals surface area (Å²) in [6.07, 6.45) is 0. The molecule has 4 atom stereocenters. The average molecular weight is 706 g/mol. The number of benzene rings is 2. The Balaban J connectivity index is 1.60. The van der Waals surface area contributed by atoms with E-state index in [2.05, 4.69) is 0 Å². The van der Waals surface area contributed by atoms with E-state index in [9.17, 15) is 19.2 Å². The van der Waals surface area contributed by atoms with Gasteiger partial charge in [-0.2, -0.15) is 5.01 Å². The largest absolute Gasteiger partial charge is 0.497 e. The molecule has 5 rings (SSSR count). The first-order valence-corrected chi connectivity index (χ1v) is 14.3. The molecule has 3 aliphatic rings. The highest BCUT2D eigenvalue weighted by atomic mass is 35.5. The van der Waals surface area contributed by atoms with E-state index in [1.165, 1.54) is 37.4 Å². The minimum Gasteiger partial charge on any atom is -0.497 e. The van der Waals surface area contributed by atoms with Crippen molar-refractivity contribution < 1.29 is 23.9 Å². The molecule has 210 valence electrons. The van der Waals surface area contributed by atoms with Gasteiger partial charge in [-0.05, 0) is 30.3 Å². The van der Waals surface area contributed by atoms with Crippen LogP contribution in [-0.2, 0) is 9.59 Å². The summed E-state index contributed by atoms with van der Waals surface area (Å²) in [7, 11) is 1.42. The second kappa shape index (κ2) is 10.1. The molecule has 0 unspecified atom stereocenters. The minimum absolute atomic E-state index is 0.0248. The van der Waals surface area contributed by atoms with Gasteiger partial charge < -0.3 is 4.74 Å². The number of rotatable bonds is 6. The fourth-order valence-corrected chi connectivity index (χ4v) is 8.48. The topological polar surface area (TPSA) is 84.0 Å². The molecule has 2 aromatic rings. The zero-order chi connectivity index (χ0) is 29.5. The summed E-state index contributed by atoms with van der Waals surface area (Å²) < 4.78 is 3.00. The third-order valence-electron chi connectivity index (χ3n) is 7.21. The quantitative estimate of drug-likeness (QED) is 0.190. The lowest BCUT2D eigenvalue weighted by Gasteiger charge is -2.36. The van der Waals surface area contributed by atoms with E-state index in [4.69, 9.17) is 97.5 Å². The van der Waals surface area contributed by atoms with Crippen molar-refractivity contribution in [3.05, 3.63) is 73.7 Å². The van der Waals surface area contributed by atoms with Crippen molar-refractivity contribution in [2.45, 2.75) is 14.1 Å². The van der Waals surface area contributed by atoms with E-state index in [0.717, 1.165) is 0 Å². The van der Waals surface area contributed by atoms with Crippen molar-refractivity contribution in [2.75, 3.05) is 13.7 Å². The SMILES string of the molecule is COc1cccc(C(=O)CN(C(=O)c2ccc(Cl)c(Cl)c2)N2C(=O)[C@H]3[C@H](C2=O)[C@@]2(Cl)C(Cl)=C(Cl)[C@@]3(Cl)C2(Cl)Cl)c1. The average Bonchev–Trinajstić information content (AvgIpc) is 3.31. The first-order valence-electron chi connectivity index (χ1n) is 11.3. The summed E-state index contributed by atoms with van der Waals surface area (Å²) in [6, 6.07) is 10.00. The molecule has 3 amide bonds. The number of Topliss-reactive ketones (excluding diaryl/α,β-unsaturated/α-hetero) is 1. The maximum absolute atomic E-state index is 13.9. The van der Waals surface area contributed by atoms with Crippen LogP contribution in [0.15, 0.2) is 52.5 Å². The Morgan fingerprint density at radius 3 is 1.95 bits per heavy atom. The molecule has 1 heterocycles. The van der Waals surface area contributed by atoms with Gasteiger partial charge in [-0.25, -0.2) is 5.01 Å². The van der Waals surface area contributed by atoms with Gasteiger partial charge in [0.05, 0.1) is 39.1 Å². The van der Waals surface area contributed by atoms with Crippen LogP contribution in [0.25, 0.3) is 0 Å². The number of hydrogen-bond acceptors (Lipinski definition) is 5. The standard InChI is InChI=1S/C25H14Cl8N2O5/c1-40-12-4-2-3-10(7-12)15(36)9-34(20(37)11-5-6-13(26)14(27)8-11)35-21(38)16-17(22(35)39)24(31)19(29)18(28)23(16,30)25(24,32)33/h2-8,16-17H,9H2,1H3/t16-,17-,23-,24-/m1/s1. The zero-order valence-corrected chi connectivity index (χ0v) is 25.9. The van der Waals surface area contributed by atoms with Gasteiger partial charge in [0.2, 0.25) is 0 Å². The molecule has 1 aliphatic heterocycles. The van der Waals surface area contributed by atoms with Crippen LogP contribution in [0.1, 0.15) is 20.7 Å². The van der Waals surface area contributed by atoms with E-state index in [1.54, 1.807) is 12.1 Å². The van der Waals surface area contributed by atoms with Crippen molar-refractivity contribution in [1.82, 2.24) is 10.0 Å². The second-order valence-electron chi connectivity index (χ2n) is 9.22. The number of amides is 3. The first kappa shape index (κ1) is 30.1. The molecule has 1 saturated carbocycles. The predicted molar refractivity (Wildman–Crippen MR) is 154 cm³/mol. The maximum Gasteiger partial charge on any atom is 0.273 e. The number of ether oxygens (including phenoxy) is 1. The number of methoxy groups -OCH3 is 1. The first-order chi connectivity index (χ1) is 18.6. The van der Waals surface area contributed by atoms with Crippen molar-refractivity contribution in [3.63, 3.8) is 0 Å². The number of hydrogen-bond donors (Lipinski definition) is 0. The molecule has 15 heteroatoms. The number of alkyl halides is 4. The molecule has 0 N–H and O–H groups in total. The Labute approximate surface area is 267 Å².